The monoisotopic (exact) mass is 198 g/mol. The Morgan fingerprint density at radius 1 is 1.43 bits per heavy atom. The summed E-state index contributed by atoms with van der Waals surface area (Å²) in [5.74, 6) is -0.854. The SMILES string of the molecule is COC(=O)C=COC(=O)C1CC1(C)C. The largest absolute Gasteiger partial charge is 0.466 e. The Morgan fingerprint density at radius 2 is 2.00 bits per heavy atom. The van der Waals surface area contributed by atoms with Crippen LogP contribution >= 0.6 is 0 Å². The van der Waals surface area contributed by atoms with E-state index in [1.54, 1.807) is 0 Å². The molecule has 1 aliphatic carbocycles. The van der Waals surface area contributed by atoms with Gasteiger partial charge in [-0.2, -0.15) is 0 Å². The molecule has 0 radical (unpaired) electrons. The summed E-state index contributed by atoms with van der Waals surface area (Å²) >= 11 is 0. The quantitative estimate of drug-likeness (QED) is 0.389. The predicted molar refractivity (Wildman–Crippen MR) is 49.1 cm³/mol. The van der Waals surface area contributed by atoms with E-state index in [9.17, 15) is 9.59 Å². The van der Waals surface area contributed by atoms with Gasteiger partial charge in [0.2, 0.25) is 0 Å². The molecule has 1 aliphatic rings. The first-order valence-electron chi connectivity index (χ1n) is 4.42. The van der Waals surface area contributed by atoms with Gasteiger partial charge in [0.15, 0.2) is 0 Å². The lowest BCUT2D eigenvalue weighted by molar-refractivity contribution is -0.140. The molecule has 1 saturated carbocycles. The lowest BCUT2D eigenvalue weighted by atomic mass is 10.1. The molecule has 0 aromatic rings. The summed E-state index contributed by atoms with van der Waals surface area (Å²) in [5.41, 5.74) is 0.0518. The molecule has 0 amide bonds. The molecule has 4 nitrogen and oxygen atoms in total. The summed E-state index contributed by atoms with van der Waals surface area (Å²) in [6, 6.07) is 0. The van der Waals surface area contributed by atoms with E-state index in [0.29, 0.717) is 0 Å². The zero-order valence-electron chi connectivity index (χ0n) is 8.57. The molecule has 0 aliphatic heterocycles. The molecule has 1 atom stereocenters. The second kappa shape index (κ2) is 3.82. The number of esters is 2. The van der Waals surface area contributed by atoms with E-state index in [2.05, 4.69) is 4.74 Å². The summed E-state index contributed by atoms with van der Waals surface area (Å²) < 4.78 is 9.09. The first-order chi connectivity index (χ1) is 6.47. The number of hydrogen-bond donors (Lipinski definition) is 0. The van der Waals surface area contributed by atoms with Crippen LogP contribution in [-0.2, 0) is 19.1 Å². The second-order valence-electron chi connectivity index (χ2n) is 4.01. The Bertz CT molecular complexity index is 278. The molecule has 0 spiro atoms. The van der Waals surface area contributed by atoms with Crippen LogP contribution in [0.4, 0.5) is 0 Å². The summed E-state index contributed by atoms with van der Waals surface area (Å²) in [4.78, 5) is 21.9. The maximum atomic E-state index is 11.3. The maximum Gasteiger partial charge on any atom is 0.333 e. The van der Waals surface area contributed by atoms with Gasteiger partial charge in [0, 0.05) is 0 Å². The highest BCUT2D eigenvalue weighted by molar-refractivity contribution is 5.82. The topological polar surface area (TPSA) is 52.6 Å². The van der Waals surface area contributed by atoms with Crippen molar-refractivity contribution in [2.45, 2.75) is 20.3 Å². The Labute approximate surface area is 82.9 Å². The number of methoxy groups -OCH3 is 1. The lowest BCUT2D eigenvalue weighted by Gasteiger charge is -2.00. The van der Waals surface area contributed by atoms with Crippen molar-refractivity contribution >= 4 is 11.9 Å². The van der Waals surface area contributed by atoms with Crippen LogP contribution in [0.15, 0.2) is 12.3 Å². The Balaban J connectivity index is 2.30. The summed E-state index contributed by atoms with van der Waals surface area (Å²) in [5, 5.41) is 0. The van der Waals surface area contributed by atoms with Gasteiger partial charge in [0.05, 0.1) is 19.1 Å². The van der Waals surface area contributed by atoms with E-state index in [1.165, 1.54) is 7.11 Å². The number of ether oxygens (including phenoxy) is 2. The van der Waals surface area contributed by atoms with Gasteiger partial charge in [-0.25, -0.2) is 4.79 Å². The molecule has 78 valence electrons. The number of hydrogen-bond acceptors (Lipinski definition) is 4. The van der Waals surface area contributed by atoms with Crippen LogP contribution in [0.3, 0.4) is 0 Å². The molecule has 1 rings (SSSR count). The third-order valence-electron chi connectivity index (χ3n) is 2.39. The molecule has 0 heterocycles. The van der Waals surface area contributed by atoms with Gasteiger partial charge in [-0.3, -0.25) is 4.79 Å². The van der Waals surface area contributed by atoms with Crippen LogP contribution in [0.1, 0.15) is 20.3 Å². The van der Waals surface area contributed by atoms with Crippen LogP contribution in [-0.4, -0.2) is 19.0 Å². The van der Waals surface area contributed by atoms with Crippen molar-refractivity contribution < 1.29 is 19.1 Å². The molecule has 14 heavy (non-hydrogen) atoms. The third kappa shape index (κ3) is 2.58. The molecular formula is C10H14O4. The van der Waals surface area contributed by atoms with E-state index < -0.39 is 5.97 Å². The molecule has 0 bridgehead atoms. The fourth-order valence-electron chi connectivity index (χ4n) is 1.18. The summed E-state index contributed by atoms with van der Waals surface area (Å²) in [7, 11) is 1.26. The highest BCUT2D eigenvalue weighted by atomic mass is 16.5. The first-order valence-corrected chi connectivity index (χ1v) is 4.42. The minimum Gasteiger partial charge on any atom is -0.466 e. The molecular weight excluding hydrogens is 184 g/mol. The highest BCUT2D eigenvalue weighted by Crippen LogP contribution is 2.52. The van der Waals surface area contributed by atoms with Crippen LogP contribution < -0.4 is 0 Å². The van der Waals surface area contributed by atoms with Gasteiger partial charge >= 0.3 is 11.9 Å². The van der Waals surface area contributed by atoms with Crippen LogP contribution in [0, 0.1) is 11.3 Å². The summed E-state index contributed by atoms with van der Waals surface area (Å²) in [6.07, 6.45) is 2.99. The zero-order chi connectivity index (χ0) is 10.8. The maximum absolute atomic E-state index is 11.3. The van der Waals surface area contributed by atoms with Crippen molar-refractivity contribution in [2.24, 2.45) is 11.3 Å². The van der Waals surface area contributed by atoms with Gasteiger partial charge < -0.3 is 9.47 Å². The fourth-order valence-corrected chi connectivity index (χ4v) is 1.18. The minimum atomic E-state index is -0.534. The van der Waals surface area contributed by atoms with E-state index in [1.807, 2.05) is 13.8 Å². The molecule has 0 saturated heterocycles. The Kier molecular flexibility index (Phi) is 2.93. The molecule has 0 N–H and O–H groups in total. The summed E-state index contributed by atoms with van der Waals surface area (Å²) in [6.45, 7) is 4.01. The van der Waals surface area contributed by atoms with Gasteiger partial charge in [0.25, 0.3) is 0 Å². The van der Waals surface area contributed by atoms with Crippen molar-refractivity contribution in [2.75, 3.05) is 7.11 Å². The first kappa shape index (κ1) is 10.8. The highest BCUT2D eigenvalue weighted by Gasteiger charge is 2.51. The Morgan fingerprint density at radius 3 is 2.43 bits per heavy atom. The predicted octanol–water partition coefficient (Wildman–Crippen LogP) is 1.26. The number of carbonyl (C=O) groups excluding carboxylic acids is 2. The van der Waals surface area contributed by atoms with Crippen molar-refractivity contribution in [3.8, 4) is 0 Å². The molecule has 1 fully saturated rings. The van der Waals surface area contributed by atoms with E-state index >= 15 is 0 Å². The van der Waals surface area contributed by atoms with Crippen molar-refractivity contribution in [1.29, 1.82) is 0 Å². The number of rotatable bonds is 3. The van der Waals surface area contributed by atoms with Gasteiger partial charge in [0.1, 0.15) is 6.26 Å². The average Bonchev–Trinajstić information content (AvgIpc) is 2.75. The van der Waals surface area contributed by atoms with E-state index in [-0.39, 0.29) is 17.3 Å². The van der Waals surface area contributed by atoms with E-state index in [0.717, 1.165) is 18.8 Å². The van der Waals surface area contributed by atoms with Crippen molar-refractivity contribution in [3.05, 3.63) is 12.3 Å². The van der Waals surface area contributed by atoms with Crippen LogP contribution in [0.5, 0.6) is 0 Å². The van der Waals surface area contributed by atoms with Gasteiger partial charge in [-0.1, -0.05) is 13.8 Å². The van der Waals surface area contributed by atoms with Crippen molar-refractivity contribution in [3.63, 3.8) is 0 Å². The standard InChI is InChI=1S/C10H14O4/c1-10(2)6-7(10)9(12)14-5-4-8(11)13-3/h4-5,7H,6H2,1-3H3. The normalized spacial score (nSPS) is 23.2. The molecule has 0 aromatic heterocycles. The zero-order valence-corrected chi connectivity index (χ0v) is 8.57. The van der Waals surface area contributed by atoms with E-state index in [4.69, 9.17) is 4.74 Å². The average molecular weight is 198 g/mol. The van der Waals surface area contributed by atoms with Gasteiger partial charge in [-0.15, -0.1) is 0 Å². The van der Waals surface area contributed by atoms with Crippen LogP contribution in [0.2, 0.25) is 0 Å². The smallest absolute Gasteiger partial charge is 0.333 e. The second-order valence-corrected chi connectivity index (χ2v) is 4.01. The molecule has 1 unspecified atom stereocenters. The number of carbonyl (C=O) groups is 2. The fraction of sp³-hybridized carbons (Fsp3) is 0.600. The van der Waals surface area contributed by atoms with Crippen molar-refractivity contribution in [1.82, 2.24) is 0 Å². The van der Waals surface area contributed by atoms with Crippen LogP contribution in [0.25, 0.3) is 0 Å². The molecule has 4 heteroatoms. The lowest BCUT2D eigenvalue weighted by Crippen LogP contribution is -2.07. The van der Waals surface area contributed by atoms with Gasteiger partial charge in [-0.05, 0) is 11.8 Å². The third-order valence-corrected chi connectivity index (χ3v) is 2.39. The Hall–Kier alpha value is -1.32. The minimum absolute atomic E-state index is 0.0372. The molecule has 0 aromatic carbocycles.